The number of hydrogen-bond donors (Lipinski definition) is 1. The fourth-order valence-electron chi connectivity index (χ4n) is 3.16. The van der Waals surface area contributed by atoms with Crippen LogP contribution in [0.1, 0.15) is 42.3 Å². The number of fused-ring (bicyclic) bond motifs is 1. The summed E-state index contributed by atoms with van der Waals surface area (Å²) in [7, 11) is 1.42. The fraction of sp³-hybridized carbons (Fsp3) is 0.182. The molecule has 1 N–H and O–H groups in total. The Morgan fingerprint density at radius 3 is 2.55 bits per heavy atom. The second kappa shape index (κ2) is 7.35. The Morgan fingerprint density at radius 1 is 1.07 bits per heavy atom. The van der Waals surface area contributed by atoms with Gasteiger partial charge in [-0.3, -0.25) is 19.3 Å². The summed E-state index contributed by atoms with van der Waals surface area (Å²) >= 11 is 0. The third-order valence-electron chi connectivity index (χ3n) is 4.87. The summed E-state index contributed by atoms with van der Waals surface area (Å²) < 4.78 is 5.52. The summed E-state index contributed by atoms with van der Waals surface area (Å²) in [6, 6.07) is 12.4. The topological polar surface area (TPSA) is 92.5 Å². The number of carbonyl (C=O) groups is 3. The Kier molecular flexibility index (Phi) is 4.72. The van der Waals surface area contributed by atoms with E-state index in [2.05, 4.69) is 10.3 Å². The Hall–Kier alpha value is -3.74. The minimum Gasteiger partial charge on any atom is -0.444 e. The highest BCUT2D eigenvalue weighted by Crippen LogP contribution is 2.23. The molecule has 3 aromatic rings. The molecule has 2 aromatic carbocycles. The van der Waals surface area contributed by atoms with Gasteiger partial charge in [0.1, 0.15) is 6.26 Å². The molecule has 29 heavy (non-hydrogen) atoms. The van der Waals surface area contributed by atoms with Crippen molar-refractivity contribution in [2.24, 2.45) is 0 Å². The second-order valence-corrected chi connectivity index (χ2v) is 6.95. The number of nitrogens with one attached hydrogen (secondary N) is 1. The first kappa shape index (κ1) is 18.6. The number of amides is 3. The highest BCUT2D eigenvalue weighted by atomic mass is 16.3. The lowest BCUT2D eigenvalue weighted by molar-refractivity contribution is 0.0693. The molecule has 0 spiro atoms. The number of nitrogens with zero attached hydrogens (tertiary/aromatic N) is 2. The van der Waals surface area contributed by atoms with Gasteiger partial charge in [-0.05, 0) is 37.3 Å². The summed E-state index contributed by atoms with van der Waals surface area (Å²) in [5, 5.41) is 2.80. The van der Waals surface area contributed by atoms with E-state index in [1.807, 2.05) is 31.2 Å². The summed E-state index contributed by atoms with van der Waals surface area (Å²) in [6.45, 7) is 2.38. The van der Waals surface area contributed by atoms with Crippen LogP contribution in [0.15, 0.2) is 53.1 Å². The molecule has 0 unspecified atom stereocenters. The molecule has 0 bridgehead atoms. The molecule has 0 radical (unpaired) electrons. The van der Waals surface area contributed by atoms with Gasteiger partial charge < -0.3 is 9.73 Å². The smallest absolute Gasteiger partial charge is 0.261 e. The van der Waals surface area contributed by atoms with Crippen LogP contribution >= 0.6 is 0 Å². The van der Waals surface area contributed by atoms with E-state index in [1.165, 1.54) is 19.2 Å². The third kappa shape index (κ3) is 3.54. The first-order valence-electron chi connectivity index (χ1n) is 9.20. The lowest BCUT2D eigenvalue weighted by atomic mass is 10.1. The van der Waals surface area contributed by atoms with Crippen molar-refractivity contribution in [3.8, 4) is 11.5 Å². The van der Waals surface area contributed by atoms with Gasteiger partial charge in [-0.25, -0.2) is 4.98 Å². The van der Waals surface area contributed by atoms with Gasteiger partial charge in [-0.1, -0.05) is 17.7 Å². The number of carbonyl (C=O) groups excluding carboxylic acids is 3. The van der Waals surface area contributed by atoms with E-state index in [4.69, 9.17) is 4.42 Å². The second-order valence-electron chi connectivity index (χ2n) is 6.95. The molecule has 1 aromatic heterocycles. The highest BCUT2D eigenvalue weighted by molar-refractivity contribution is 6.21. The van der Waals surface area contributed by atoms with Crippen LogP contribution in [-0.4, -0.2) is 41.2 Å². The van der Waals surface area contributed by atoms with E-state index in [1.54, 1.807) is 12.3 Å². The number of hydrogen-bond acceptors (Lipinski definition) is 5. The van der Waals surface area contributed by atoms with Crippen LogP contribution in [0.3, 0.4) is 0 Å². The number of imide groups is 1. The van der Waals surface area contributed by atoms with E-state index in [-0.39, 0.29) is 17.4 Å². The largest absolute Gasteiger partial charge is 0.444 e. The number of aryl methyl sites for hydroxylation is 1. The Morgan fingerprint density at radius 2 is 1.79 bits per heavy atom. The van der Waals surface area contributed by atoms with E-state index >= 15 is 0 Å². The lowest BCUT2D eigenvalue weighted by Gasteiger charge is -2.05. The van der Waals surface area contributed by atoms with Crippen LogP contribution in [0.2, 0.25) is 0 Å². The molecule has 1 aliphatic heterocycles. The predicted octanol–water partition coefficient (Wildman–Crippen LogP) is 2.85. The van der Waals surface area contributed by atoms with Gasteiger partial charge in [0.05, 0.1) is 16.8 Å². The number of aromatic nitrogens is 1. The molecular weight excluding hydrogens is 370 g/mol. The quantitative estimate of drug-likeness (QED) is 0.678. The van der Waals surface area contributed by atoms with Crippen LogP contribution < -0.4 is 5.32 Å². The standard InChI is InChI=1S/C22H19N3O4/c1-13-3-5-14(6-4-13)20-24-16(12-29-20)9-10-23-19(26)15-7-8-17-18(11-15)22(28)25(2)21(17)27/h3-8,11-12H,9-10H2,1-2H3,(H,23,26). The van der Waals surface area contributed by atoms with Crippen molar-refractivity contribution in [1.29, 1.82) is 0 Å². The maximum absolute atomic E-state index is 12.4. The van der Waals surface area contributed by atoms with Crippen molar-refractivity contribution in [3.63, 3.8) is 0 Å². The van der Waals surface area contributed by atoms with Crippen LogP contribution in [-0.2, 0) is 6.42 Å². The minimum absolute atomic E-state index is 0.254. The normalized spacial score (nSPS) is 13.0. The summed E-state index contributed by atoms with van der Waals surface area (Å²) in [4.78, 5) is 41.9. The Bertz CT molecular complexity index is 1120. The molecule has 3 amide bonds. The molecule has 0 saturated carbocycles. The molecule has 2 heterocycles. The summed E-state index contributed by atoms with van der Waals surface area (Å²) in [5.41, 5.74) is 3.70. The van der Waals surface area contributed by atoms with Crippen molar-refractivity contribution < 1.29 is 18.8 Å². The van der Waals surface area contributed by atoms with Crippen molar-refractivity contribution >= 4 is 17.7 Å². The van der Waals surface area contributed by atoms with Crippen molar-refractivity contribution in [3.05, 3.63) is 76.7 Å². The molecule has 0 fully saturated rings. The lowest BCUT2D eigenvalue weighted by Crippen LogP contribution is -2.26. The maximum Gasteiger partial charge on any atom is 0.261 e. The first-order valence-corrected chi connectivity index (χ1v) is 9.20. The maximum atomic E-state index is 12.4. The average Bonchev–Trinajstić information content (AvgIpc) is 3.28. The van der Waals surface area contributed by atoms with Crippen LogP contribution in [0, 0.1) is 6.92 Å². The molecule has 7 heteroatoms. The molecule has 1 aliphatic rings. The highest BCUT2D eigenvalue weighted by Gasteiger charge is 2.33. The zero-order chi connectivity index (χ0) is 20.5. The van der Waals surface area contributed by atoms with Crippen LogP contribution in [0.25, 0.3) is 11.5 Å². The predicted molar refractivity (Wildman–Crippen MR) is 106 cm³/mol. The van der Waals surface area contributed by atoms with Crippen molar-refractivity contribution in [1.82, 2.24) is 15.2 Å². The average molecular weight is 389 g/mol. The monoisotopic (exact) mass is 389 g/mol. The number of rotatable bonds is 5. The van der Waals surface area contributed by atoms with Crippen LogP contribution in [0.4, 0.5) is 0 Å². The Labute approximate surface area is 167 Å². The van der Waals surface area contributed by atoms with Gasteiger partial charge in [0, 0.05) is 31.1 Å². The molecule has 0 aliphatic carbocycles. The summed E-state index contributed by atoms with van der Waals surface area (Å²) in [5.74, 6) is -0.527. The zero-order valence-electron chi connectivity index (χ0n) is 16.1. The molecule has 4 rings (SSSR count). The third-order valence-corrected chi connectivity index (χ3v) is 4.87. The van der Waals surface area contributed by atoms with E-state index in [0.29, 0.717) is 30.0 Å². The zero-order valence-corrected chi connectivity index (χ0v) is 16.1. The van der Waals surface area contributed by atoms with Gasteiger partial charge in [0.15, 0.2) is 0 Å². The van der Waals surface area contributed by atoms with Crippen molar-refractivity contribution in [2.75, 3.05) is 13.6 Å². The molecule has 7 nitrogen and oxygen atoms in total. The van der Waals surface area contributed by atoms with Gasteiger partial charge >= 0.3 is 0 Å². The number of benzene rings is 2. The molecule has 0 saturated heterocycles. The van der Waals surface area contributed by atoms with E-state index in [0.717, 1.165) is 21.7 Å². The van der Waals surface area contributed by atoms with Crippen molar-refractivity contribution in [2.45, 2.75) is 13.3 Å². The fourth-order valence-corrected chi connectivity index (χ4v) is 3.16. The van der Waals surface area contributed by atoms with E-state index < -0.39 is 5.91 Å². The van der Waals surface area contributed by atoms with Crippen LogP contribution in [0.5, 0.6) is 0 Å². The van der Waals surface area contributed by atoms with Gasteiger partial charge in [-0.15, -0.1) is 0 Å². The van der Waals surface area contributed by atoms with Gasteiger partial charge in [0.25, 0.3) is 17.7 Å². The molecule has 146 valence electrons. The van der Waals surface area contributed by atoms with E-state index in [9.17, 15) is 14.4 Å². The SMILES string of the molecule is Cc1ccc(-c2nc(CCNC(=O)c3ccc4c(c3)C(=O)N(C)C4=O)co2)cc1. The van der Waals surface area contributed by atoms with Gasteiger partial charge in [0.2, 0.25) is 5.89 Å². The molecule has 0 atom stereocenters. The Balaban J connectivity index is 1.37. The first-order chi connectivity index (χ1) is 13.9. The minimum atomic E-state index is -0.397. The number of oxazole rings is 1. The molecular formula is C22H19N3O4. The summed E-state index contributed by atoms with van der Waals surface area (Å²) in [6.07, 6.45) is 2.09. The van der Waals surface area contributed by atoms with Gasteiger partial charge in [-0.2, -0.15) is 0 Å².